The number of rotatable bonds is 5. The molecule has 1 aromatic carbocycles. The molecule has 0 bridgehead atoms. The molecule has 7 heteroatoms. The Morgan fingerprint density at radius 3 is 2.61 bits per heavy atom. The number of fused-ring (bicyclic) bond motifs is 1. The number of nitrogens with zero attached hydrogens (tertiary/aromatic N) is 4. The molecule has 1 atom stereocenters. The van der Waals surface area contributed by atoms with Gasteiger partial charge in [0.1, 0.15) is 5.03 Å². The van der Waals surface area contributed by atoms with Crippen LogP contribution < -0.4 is 5.11 Å². The van der Waals surface area contributed by atoms with Crippen LogP contribution in [0.2, 0.25) is 0 Å². The first kappa shape index (κ1) is 15.5. The molecule has 0 spiro atoms. The van der Waals surface area contributed by atoms with Crippen LogP contribution in [-0.2, 0) is 4.79 Å². The first-order valence-electron chi connectivity index (χ1n) is 7.25. The highest BCUT2D eigenvalue weighted by molar-refractivity contribution is 8.00. The number of carbonyl (C=O) groups excluding carboxylic acids is 1. The lowest BCUT2D eigenvalue weighted by Crippen LogP contribution is -2.33. The van der Waals surface area contributed by atoms with E-state index in [9.17, 15) is 9.90 Å². The van der Waals surface area contributed by atoms with Crippen LogP contribution in [0.4, 0.5) is 0 Å². The number of hydrogen-bond acceptors (Lipinski definition) is 6. The Labute approximate surface area is 137 Å². The summed E-state index contributed by atoms with van der Waals surface area (Å²) < 4.78 is 1.63. The summed E-state index contributed by atoms with van der Waals surface area (Å²) >= 11 is 1.17. The Balaban J connectivity index is 2.00. The largest absolute Gasteiger partial charge is 0.549 e. The van der Waals surface area contributed by atoms with Gasteiger partial charge in [0.05, 0.1) is 11.2 Å². The fourth-order valence-electron chi connectivity index (χ4n) is 2.16. The maximum atomic E-state index is 11.1. The Kier molecular flexibility index (Phi) is 4.29. The number of aromatic nitrogens is 4. The molecule has 0 fully saturated rings. The highest BCUT2D eigenvalue weighted by Gasteiger charge is 2.14. The van der Waals surface area contributed by atoms with Crippen LogP contribution in [0.3, 0.4) is 0 Å². The molecule has 6 nitrogen and oxygen atoms in total. The van der Waals surface area contributed by atoms with Crippen molar-refractivity contribution in [2.45, 2.75) is 30.5 Å². The van der Waals surface area contributed by atoms with Gasteiger partial charge >= 0.3 is 0 Å². The second-order valence-electron chi connectivity index (χ2n) is 5.16. The lowest BCUT2D eigenvalue weighted by atomic mass is 10.1. The summed E-state index contributed by atoms with van der Waals surface area (Å²) in [7, 11) is 0. The number of aliphatic carboxylic acids is 1. The number of benzene rings is 1. The number of carboxylic acid groups (broad SMARTS) is 1. The average Bonchev–Trinajstić information content (AvgIpc) is 2.96. The van der Waals surface area contributed by atoms with Crippen LogP contribution in [0.5, 0.6) is 0 Å². The molecule has 0 N–H and O–H groups in total. The van der Waals surface area contributed by atoms with Gasteiger partial charge in [-0.15, -0.1) is 10.2 Å². The third-order valence-electron chi connectivity index (χ3n) is 3.44. The van der Waals surface area contributed by atoms with Crippen molar-refractivity contribution in [2.24, 2.45) is 0 Å². The van der Waals surface area contributed by atoms with Crippen molar-refractivity contribution >= 4 is 23.4 Å². The smallest absolute Gasteiger partial charge is 0.185 e. The van der Waals surface area contributed by atoms with Crippen molar-refractivity contribution in [1.82, 2.24) is 19.8 Å². The predicted octanol–water partition coefficient (Wildman–Crippen LogP) is 1.72. The summed E-state index contributed by atoms with van der Waals surface area (Å²) in [5.41, 5.74) is 2.68. The Morgan fingerprint density at radius 1 is 1.22 bits per heavy atom. The highest BCUT2D eigenvalue weighted by Crippen LogP contribution is 2.25. The molecule has 23 heavy (non-hydrogen) atoms. The second-order valence-corrected chi connectivity index (χ2v) is 6.39. The van der Waals surface area contributed by atoms with E-state index in [0.29, 0.717) is 22.9 Å². The Hall–Kier alpha value is -2.41. The van der Waals surface area contributed by atoms with Gasteiger partial charge in [0.25, 0.3) is 0 Å². The number of thioether (sulfide) groups is 1. The van der Waals surface area contributed by atoms with E-state index in [0.717, 1.165) is 11.1 Å². The fourth-order valence-corrected chi connectivity index (χ4v) is 2.99. The van der Waals surface area contributed by atoms with Crippen molar-refractivity contribution in [1.29, 1.82) is 0 Å². The van der Waals surface area contributed by atoms with Gasteiger partial charge in [-0.25, -0.2) is 0 Å². The number of aryl methyl sites for hydroxylation is 1. The lowest BCUT2D eigenvalue weighted by molar-refractivity contribution is -0.304. The van der Waals surface area contributed by atoms with E-state index in [-0.39, 0.29) is 0 Å². The van der Waals surface area contributed by atoms with Gasteiger partial charge in [0.2, 0.25) is 0 Å². The monoisotopic (exact) mass is 327 g/mol. The molecular weight excluding hydrogens is 312 g/mol. The van der Waals surface area contributed by atoms with Crippen LogP contribution >= 0.6 is 11.8 Å². The van der Waals surface area contributed by atoms with Crippen LogP contribution in [0.1, 0.15) is 18.9 Å². The van der Waals surface area contributed by atoms with Crippen molar-refractivity contribution in [2.75, 3.05) is 0 Å². The number of carboxylic acids is 1. The molecule has 0 amide bonds. The fraction of sp³-hybridized carbons (Fsp3) is 0.250. The molecule has 118 valence electrons. The maximum Gasteiger partial charge on any atom is 0.185 e. The van der Waals surface area contributed by atoms with E-state index in [1.54, 1.807) is 16.6 Å². The molecule has 0 aliphatic heterocycles. The normalized spacial score (nSPS) is 12.4. The van der Waals surface area contributed by atoms with E-state index in [1.165, 1.54) is 11.8 Å². The Bertz CT molecular complexity index is 845. The highest BCUT2D eigenvalue weighted by atomic mass is 32.2. The molecule has 3 aromatic rings. The quantitative estimate of drug-likeness (QED) is 0.664. The molecule has 2 heterocycles. The molecule has 0 saturated heterocycles. The first-order chi connectivity index (χ1) is 11.1. The second kappa shape index (κ2) is 6.37. The lowest BCUT2D eigenvalue weighted by Gasteiger charge is -2.14. The van der Waals surface area contributed by atoms with Gasteiger partial charge in [-0.2, -0.15) is 9.61 Å². The molecular formula is C16H15N4O2S-. The standard InChI is InChI=1S/C16H16N4O2S/c1-3-12(16(21)22)23-14-9-8-13-17-18-15(20(13)19-14)11-6-4-10(2)5-7-11/h4-9,12H,3H2,1-2H3,(H,21,22)/p-1/t12-/m1/s1. The topological polar surface area (TPSA) is 83.2 Å². The van der Waals surface area contributed by atoms with Crippen molar-refractivity contribution < 1.29 is 9.90 Å². The van der Waals surface area contributed by atoms with Crippen LogP contribution in [0.25, 0.3) is 17.0 Å². The predicted molar refractivity (Wildman–Crippen MR) is 85.9 cm³/mol. The summed E-state index contributed by atoms with van der Waals surface area (Å²) in [4.78, 5) is 11.1. The molecule has 0 saturated carbocycles. The number of hydrogen-bond donors (Lipinski definition) is 0. The van der Waals surface area contributed by atoms with Gasteiger partial charge in [-0.3, -0.25) is 0 Å². The molecule has 3 rings (SSSR count). The van der Waals surface area contributed by atoms with Crippen molar-refractivity contribution in [3.8, 4) is 11.4 Å². The third-order valence-corrected chi connectivity index (χ3v) is 4.71. The minimum Gasteiger partial charge on any atom is -0.549 e. The van der Waals surface area contributed by atoms with Gasteiger partial charge in [0.15, 0.2) is 11.5 Å². The van der Waals surface area contributed by atoms with Crippen LogP contribution in [0.15, 0.2) is 41.4 Å². The zero-order valence-electron chi connectivity index (χ0n) is 12.8. The molecule has 2 aromatic heterocycles. The summed E-state index contributed by atoms with van der Waals surface area (Å²) in [5, 5.41) is 23.8. The maximum absolute atomic E-state index is 11.1. The van der Waals surface area contributed by atoms with E-state index < -0.39 is 11.2 Å². The van der Waals surface area contributed by atoms with E-state index in [2.05, 4.69) is 15.3 Å². The minimum atomic E-state index is -1.08. The summed E-state index contributed by atoms with van der Waals surface area (Å²) in [6.45, 7) is 3.83. The van der Waals surface area contributed by atoms with Gasteiger partial charge in [-0.1, -0.05) is 48.5 Å². The van der Waals surface area contributed by atoms with E-state index in [4.69, 9.17) is 0 Å². The van der Waals surface area contributed by atoms with Crippen molar-refractivity contribution in [3.63, 3.8) is 0 Å². The van der Waals surface area contributed by atoms with Gasteiger partial charge in [-0.05, 0) is 25.5 Å². The van der Waals surface area contributed by atoms with E-state index in [1.807, 2.05) is 38.1 Å². The third kappa shape index (κ3) is 3.19. The zero-order chi connectivity index (χ0) is 16.4. The summed E-state index contributed by atoms with van der Waals surface area (Å²) in [6, 6.07) is 11.4. The summed E-state index contributed by atoms with van der Waals surface area (Å²) in [6.07, 6.45) is 0.472. The summed E-state index contributed by atoms with van der Waals surface area (Å²) in [5.74, 6) is -0.453. The molecule has 0 unspecified atom stereocenters. The Morgan fingerprint density at radius 2 is 1.96 bits per heavy atom. The SMILES string of the molecule is CC[C@@H](Sc1ccc2nnc(-c3ccc(C)cc3)n2n1)C(=O)[O-]. The van der Waals surface area contributed by atoms with Crippen molar-refractivity contribution in [3.05, 3.63) is 42.0 Å². The van der Waals surface area contributed by atoms with Crippen LogP contribution in [0, 0.1) is 6.92 Å². The van der Waals surface area contributed by atoms with Gasteiger partial charge < -0.3 is 9.90 Å². The zero-order valence-corrected chi connectivity index (χ0v) is 13.6. The molecule has 0 aliphatic rings. The van der Waals surface area contributed by atoms with E-state index >= 15 is 0 Å². The number of carbonyl (C=O) groups is 1. The minimum absolute atomic E-state index is 0.472. The first-order valence-corrected chi connectivity index (χ1v) is 8.13. The van der Waals surface area contributed by atoms with Gasteiger partial charge in [0, 0.05) is 5.56 Å². The van der Waals surface area contributed by atoms with Crippen LogP contribution in [-0.4, -0.2) is 31.0 Å². The molecule has 0 aliphatic carbocycles. The molecule has 0 radical (unpaired) electrons. The average molecular weight is 327 g/mol.